The quantitative estimate of drug-likeness (QED) is 0.431. The molecule has 2 aromatic carbocycles. The number of halogens is 1. The van der Waals surface area contributed by atoms with E-state index in [0.29, 0.717) is 0 Å². The average Bonchev–Trinajstić information content (AvgIpc) is 2.73. The Hall–Kier alpha value is -3.06. The van der Waals surface area contributed by atoms with E-state index in [1.807, 2.05) is 60.7 Å². The summed E-state index contributed by atoms with van der Waals surface area (Å²) in [5, 5.41) is 7.77. The van der Waals surface area contributed by atoms with Gasteiger partial charge in [0.25, 0.3) is 0 Å². The van der Waals surface area contributed by atoms with Crippen molar-refractivity contribution in [2.24, 2.45) is 0 Å². The zero-order valence-electron chi connectivity index (χ0n) is 16.1. The summed E-state index contributed by atoms with van der Waals surface area (Å²) in [6, 6.07) is 17.6. The number of carbonyl (C=O) groups is 3. The molecule has 3 amide bonds. The first-order valence-electron chi connectivity index (χ1n) is 9.14. The number of carbonyl (C=O) groups excluding carboxylic acids is 3. The molecule has 0 spiro atoms. The molecule has 29 heavy (non-hydrogen) atoms. The number of nitrogens with one attached hydrogen (secondary N) is 3. The highest BCUT2D eigenvalue weighted by atomic mass is 35.5. The zero-order chi connectivity index (χ0) is 21.1. The molecule has 0 aliphatic carbocycles. The van der Waals surface area contributed by atoms with Gasteiger partial charge in [-0.05, 0) is 18.1 Å². The lowest BCUT2D eigenvalue weighted by Crippen LogP contribution is -2.54. The first-order valence-corrected chi connectivity index (χ1v) is 9.68. The van der Waals surface area contributed by atoms with Crippen LogP contribution in [0.4, 0.5) is 4.79 Å². The molecule has 154 valence electrons. The first-order chi connectivity index (χ1) is 14.0. The van der Waals surface area contributed by atoms with Crippen LogP contribution in [0.2, 0.25) is 0 Å². The van der Waals surface area contributed by atoms with Crippen LogP contribution in [0.5, 0.6) is 0 Å². The van der Waals surface area contributed by atoms with Crippen molar-refractivity contribution in [2.75, 3.05) is 5.88 Å². The Morgan fingerprint density at radius 2 is 1.48 bits per heavy atom. The summed E-state index contributed by atoms with van der Waals surface area (Å²) < 4.78 is 5.22. The summed E-state index contributed by atoms with van der Waals surface area (Å²) in [6.07, 6.45) is -1.08. The van der Waals surface area contributed by atoms with E-state index in [2.05, 4.69) is 16.0 Å². The van der Waals surface area contributed by atoms with Gasteiger partial charge >= 0.3 is 6.09 Å². The van der Waals surface area contributed by atoms with Crippen molar-refractivity contribution in [2.45, 2.75) is 32.2 Å². The number of hydrogen-bond donors (Lipinski definition) is 3. The lowest BCUT2D eigenvalue weighted by atomic mass is 10.1. The Balaban J connectivity index is 1.98. The van der Waals surface area contributed by atoms with E-state index in [-0.39, 0.29) is 18.9 Å². The van der Waals surface area contributed by atoms with E-state index < -0.39 is 30.1 Å². The number of hydrogen-bond acceptors (Lipinski definition) is 4. The van der Waals surface area contributed by atoms with E-state index in [1.165, 1.54) is 0 Å². The number of benzene rings is 2. The molecule has 2 aromatic rings. The van der Waals surface area contributed by atoms with Crippen LogP contribution in [-0.2, 0) is 27.4 Å². The summed E-state index contributed by atoms with van der Waals surface area (Å²) >= 11 is 5.46. The lowest BCUT2D eigenvalue weighted by molar-refractivity contribution is -0.124. The SMILES string of the molecule is C[C@@H](NC(=O)CCl)NC(=O)[C@H](Cc1ccccc1)NC(=O)OCc1ccccc1. The second-order valence-corrected chi connectivity index (χ2v) is 6.65. The topological polar surface area (TPSA) is 96.5 Å². The standard InChI is InChI=1S/C21H24ClN3O4/c1-15(23-19(26)13-22)24-20(27)18(12-16-8-4-2-5-9-16)25-21(28)29-14-17-10-6-3-7-11-17/h2-11,15,18H,12-14H2,1H3,(H,23,26)(H,24,27)(H,25,28)/t15-,18-/m0/s1. The van der Waals surface area contributed by atoms with Crippen LogP contribution in [0, 0.1) is 0 Å². The Morgan fingerprint density at radius 1 is 0.897 bits per heavy atom. The molecule has 0 bridgehead atoms. The molecule has 0 aliphatic heterocycles. The summed E-state index contributed by atoms with van der Waals surface area (Å²) in [5.41, 5.74) is 1.71. The molecule has 0 saturated heterocycles. The third-order valence-corrected chi connectivity index (χ3v) is 4.20. The molecule has 8 heteroatoms. The first kappa shape index (κ1) is 22.2. The van der Waals surface area contributed by atoms with Crippen LogP contribution in [0.25, 0.3) is 0 Å². The van der Waals surface area contributed by atoms with Gasteiger partial charge in [0.15, 0.2) is 0 Å². The second-order valence-electron chi connectivity index (χ2n) is 6.38. The molecule has 0 unspecified atom stereocenters. The Labute approximate surface area is 174 Å². The Kier molecular flexibility index (Phi) is 8.98. The van der Waals surface area contributed by atoms with E-state index in [0.717, 1.165) is 11.1 Å². The summed E-state index contributed by atoms with van der Waals surface area (Å²) in [6.45, 7) is 1.70. The van der Waals surface area contributed by atoms with Crippen LogP contribution in [-0.4, -0.2) is 36.0 Å². The number of rotatable bonds is 9. The lowest BCUT2D eigenvalue weighted by Gasteiger charge is -2.22. The van der Waals surface area contributed by atoms with E-state index in [4.69, 9.17) is 16.3 Å². The van der Waals surface area contributed by atoms with Gasteiger partial charge in [0.1, 0.15) is 18.5 Å². The number of amides is 3. The predicted molar refractivity (Wildman–Crippen MR) is 110 cm³/mol. The van der Waals surface area contributed by atoms with Gasteiger partial charge in [-0.2, -0.15) is 0 Å². The fourth-order valence-corrected chi connectivity index (χ4v) is 2.67. The Morgan fingerprint density at radius 3 is 2.07 bits per heavy atom. The van der Waals surface area contributed by atoms with Crippen LogP contribution in [0.1, 0.15) is 18.1 Å². The minimum Gasteiger partial charge on any atom is -0.445 e. The van der Waals surface area contributed by atoms with Gasteiger partial charge in [-0.1, -0.05) is 60.7 Å². The highest BCUT2D eigenvalue weighted by Gasteiger charge is 2.23. The number of ether oxygens (including phenoxy) is 1. The molecule has 0 aromatic heterocycles. The second kappa shape index (κ2) is 11.7. The third-order valence-electron chi connectivity index (χ3n) is 3.96. The molecule has 3 N–H and O–H groups in total. The molecule has 2 atom stereocenters. The molecule has 0 fully saturated rings. The summed E-state index contributed by atoms with van der Waals surface area (Å²) in [5.74, 6) is -1.07. The zero-order valence-corrected chi connectivity index (χ0v) is 16.8. The van der Waals surface area contributed by atoms with Crippen molar-refractivity contribution in [1.82, 2.24) is 16.0 Å². The van der Waals surface area contributed by atoms with Gasteiger partial charge in [-0.25, -0.2) is 4.79 Å². The van der Waals surface area contributed by atoms with Gasteiger partial charge < -0.3 is 20.7 Å². The van der Waals surface area contributed by atoms with Crippen molar-refractivity contribution < 1.29 is 19.1 Å². The minimum atomic E-state index is -0.879. The maximum absolute atomic E-state index is 12.7. The third kappa shape index (κ3) is 8.23. The highest BCUT2D eigenvalue weighted by Crippen LogP contribution is 2.05. The molecule has 2 rings (SSSR count). The average molecular weight is 418 g/mol. The monoisotopic (exact) mass is 417 g/mol. The van der Waals surface area contributed by atoms with Crippen molar-refractivity contribution in [3.8, 4) is 0 Å². The van der Waals surface area contributed by atoms with E-state index >= 15 is 0 Å². The maximum atomic E-state index is 12.7. The minimum absolute atomic E-state index is 0.0918. The predicted octanol–water partition coefficient (Wildman–Crippen LogP) is 2.34. The van der Waals surface area contributed by atoms with Gasteiger partial charge in [0.05, 0.1) is 6.17 Å². The molecule has 0 heterocycles. The molecular weight excluding hydrogens is 394 g/mol. The number of alkyl carbamates (subject to hydrolysis) is 1. The number of alkyl halides is 1. The van der Waals surface area contributed by atoms with Crippen LogP contribution < -0.4 is 16.0 Å². The molecular formula is C21H24ClN3O4. The molecule has 0 saturated carbocycles. The van der Waals surface area contributed by atoms with Gasteiger partial charge in [-0.3, -0.25) is 9.59 Å². The molecule has 7 nitrogen and oxygen atoms in total. The summed E-state index contributed by atoms with van der Waals surface area (Å²) in [7, 11) is 0. The van der Waals surface area contributed by atoms with Gasteiger partial charge in [0.2, 0.25) is 11.8 Å². The summed E-state index contributed by atoms with van der Waals surface area (Å²) in [4.78, 5) is 36.3. The van der Waals surface area contributed by atoms with Crippen molar-refractivity contribution >= 4 is 29.5 Å². The largest absolute Gasteiger partial charge is 0.445 e. The van der Waals surface area contributed by atoms with Crippen LogP contribution in [0.15, 0.2) is 60.7 Å². The van der Waals surface area contributed by atoms with Gasteiger partial charge in [-0.15, -0.1) is 11.6 Å². The van der Waals surface area contributed by atoms with Crippen molar-refractivity contribution in [1.29, 1.82) is 0 Å². The van der Waals surface area contributed by atoms with Crippen LogP contribution in [0.3, 0.4) is 0 Å². The fourth-order valence-electron chi connectivity index (χ4n) is 2.60. The van der Waals surface area contributed by atoms with E-state index in [9.17, 15) is 14.4 Å². The van der Waals surface area contributed by atoms with Crippen molar-refractivity contribution in [3.63, 3.8) is 0 Å². The Bertz CT molecular complexity index is 802. The van der Waals surface area contributed by atoms with Crippen molar-refractivity contribution in [3.05, 3.63) is 71.8 Å². The highest BCUT2D eigenvalue weighted by molar-refractivity contribution is 6.27. The maximum Gasteiger partial charge on any atom is 0.408 e. The van der Waals surface area contributed by atoms with E-state index in [1.54, 1.807) is 6.92 Å². The fraction of sp³-hybridized carbons (Fsp3) is 0.286. The smallest absolute Gasteiger partial charge is 0.408 e. The normalized spacial score (nSPS) is 12.3. The van der Waals surface area contributed by atoms with Crippen LogP contribution >= 0.6 is 11.6 Å². The molecule has 0 aliphatic rings. The van der Waals surface area contributed by atoms with Gasteiger partial charge in [0, 0.05) is 6.42 Å². The molecule has 0 radical (unpaired) electrons.